The summed E-state index contributed by atoms with van der Waals surface area (Å²) >= 11 is 7.13. The van der Waals surface area contributed by atoms with Crippen molar-refractivity contribution >= 4 is 29.0 Å². The van der Waals surface area contributed by atoms with Gasteiger partial charge in [0, 0.05) is 17.0 Å². The first kappa shape index (κ1) is 31.9. The maximum atomic E-state index is 14.6. The number of benzene rings is 3. The number of aromatic nitrogens is 1. The summed E-state index contributed by atoms with van der Waals surface area (Å²) in [5.41, 5.74) is 0.899. The van der Waals surface area contributed by atoms with Crippen molar-refractivity contribution in [3.63, 3.8) is 0 Å². The van der Waals surface area contributed by atoms with Gasteiger partial charge in [-0.1, -0.05) is 72.3 Å². The molecule has 2 heterocycles. The molecule has 252 valence electrons. The summed E-state index contributed by atoms with van der Waals surface area (Å²) in [5.74, 6) is -4.45. The number of carbonyl (C=O) groups is 3. The molecule has 6 atom stereocenters. The Morgan fingerprint density at radius 1 is 1.02 bits per heavy atom. The number of ketones is 3. The summed E-state index contributed by atoms with van der Waals surface area (Å²) in [4.78, 5) is 43.5. The van der Waals surface area contributed by atoms with E-state index in [0.29, 0.717) is 22.8 Å². The minimum Gasteiger partial charge on any atom is -0.488 e. The van der Waals surface area contributed by atoms with E-state index in [4.69, 9.17) is 25.6 Å². The molecule has 10 nitrogen and oxygen atoms in total. The Kier molecular flexibility index (Phi) is 8.15. The molecule has 49 heavy (non-hydrogen) atoms. The SMILES string of the molecule is CNC1c2onc(OCc3ccccc3)c2C(=O)C2(O)C(=O)C3C(=O)c4c(OCc5ccccc5)cc(C5CCCN5)c(Cl)c4CC3CC12. The molecule has 1 aromatic heterocycles. The van der Waals surface area contributed by atoms with Crippen LogP contribution in [-0.4, -0.2) is 46.8 Å². The van der Waals surface area contributed by atoms with E-state index in [0.717, 1.165) is 36.1 Å². The number of hydrogen-bond acceptors (Lipinski definition) is 10. The lowest BCUT2D eigenvalue weighted by Gasteiger charge is -2.49. The Bertz CT molecular complexity index is 1940. The van der Waals surface area contributed by atoms with Crippen LogP contribution in [0.5, 0.6) is 11.6 Å². The van der Waals surface area contributed by atoms with E-state index in [1.165, 1.54) is 0 Å². The summed E-state index contributed by atoms with van der Waals surface area (Å²) in [7, 11) is 1.67. The number of rotatable bonds is 8. The fourth-order valence-electron chi connectivity index (χ4n) is 8.34. The highest BCUT2D eigenvalue weighted by molar-refractivity contribution is 6.34. The molecular weight excluding hydrogens is 646 g/mol. The molecule has 3 N–H and O–H groups in total. The Morgan fingerprint density at radius 2 is 1.71 bits per heavy atom. The maximum absolute atomic E-state index is 14.6. The van der Waals surface area contributed by atoms with Gasteiger partial charge >= 0.3 is 0 Å². The minimum absolute atomic E-state index is 0.00981. The zero-order chi connectivity index (χ0) is 33.9. The minimum atomic E-state index is -2.51. The second-order valence-corrected chi connectivity index (χ2v) is 13.8. The zero-order valence-corrected chi connectivity index (χ0v) is 27.7. The Balaban J connectivity index is 1.17. The molecule has 0 bridgehead atoms. The number of ether oxygens (including phenoxy) is 2. The van der Waals surface area contributed by atoms with Crippen LogP contribution in [0.3, 0.4) is 0 Å². The van der Waals surface area contributed by atoms with Crippen molar-refractivity contribution in [2.75, 3.05) is 13.6 Å². The molecule has 2 fully saturated rings. The summed E-state index contributed by atoms with van der Waals surface area (Å²) in [5, 5.41) is 23.5. The Hall–Kier alpha value is -4.35. The van der Waals surface area contributed by atoms with Crippen molar-refractivity contribution in [3.8, 4) is 11.6 Å². The van der Waals surface area contributed by atoms with Crippen molar-refractivity contribution in [3.05, 3.63) is 111 Å². The molecule has 4 aliphatic rings. The van der Waals surface area contributed by atoms with Gasteiger partial charge in [0.05, 0.1) is 17.5 Å². The second-order valence-electron chi connectivity index (χ2n) is 13.4. The van der Waals surface area contributed by atoms with E-state index in [1.54, 1.807) is 7.05 Å². The summed E-state index contributed by atoms with van der Waals surface area (Å²) in [6.07, 6.45) is 2.40. The van der Waals surface area contributed by atoms with Gasteiger partial charge in [0.1, 0.15) is 24.5 Å². The fourth-order valence-corrected chi connectivity index (χ4v) is 8.70. The molecule has 0 spiro atoms. The highest BCUT2D eigenvalue weighted by atomic mass is 35.5. The highest BCUT2D eigenvalue weighted by Crippen LogP contribution is 2.55. The van der Waals surface area contributed by atoms with Crippen molar-refractivity contribution in [2.45, 2.75) is 56.6 Å². The van der Waals surface area contributed by atoms with E-state index in [-0.39, 0.29) is 48.4 Å². The van der Waals surface area contributed by atoms with Crippen LogP contribution in [0, 0.1) is 17.8 Å². The lowest BCUT2D eigenvalue weighted by Crippen LogP contribution is -2.66. The normalized spacial score (nSPS) is 27.2. The van der Waals surface area contributed by atoms with Gasteiger partial charge in [-0.25, -0.2) is 0 Å². The third-order valence-corrected chi connectivity index (χ3v) is 11.2. The number of hydrogen-bond donors (Lipinski definition) is 3. The average molecular weight is 682 g/mol. The van der Waals surface area contributed by atoms with Crippen LogP contribution >= 0.6 is 11.6 Å². The second kappa shape index (κ2) is 12.5. The largest absolute Gasteiger partial charge is 0.488 e. The van der Waals surface area contributed by atoms with Crippen LogP contribution in [0.1, 0.15) is 80.1 Å². The smallest absolute Gasteiger partial charge is 0.265 e. The molecule has 0 amide bonds. The molecule has 6 unspecified atom stereocenters. The molecule has 3 aromatic carbocycles. The molecule has 8 rings (SSSR count). The number of fused-ring (bicyclic) bond motifs is 4. The van der Waals surface area contributed by atoms with Crippen molar-refractivity contribution < 1.29 is 33.5 Å². The van der Waals surface area contributed by atoms with Crippen LogP contribution in [0.4, 0.5) is 0 Å². The van der Waals surface area contributed by atoms with Crippen LogP contribution in [0.25, 0.3) is 0 Å². The van der Waals surface area contributed by atoms with Gasteiger partial charge in [0.2, 0.25) is 5.78 Å². The quantitative estimate of drug-likeness (QED) is 0.208. The summed E-state index contributed by atoms with van der Waals surface area (Å²) in [6.45, 7) is 1.16. The number of carbonyl (C=O) groups excluding carboxylic acids is 3. The standard InChI is InChI=1S/C38H36ClN3O7/c1-40-32-25-16-22-15-24-29(27(47-18-20-9-4-2-5-10-20)17-23(31(24)39)26-13-8-14-41-26)33(43)28(22)35(44)38(25,46)36(45)30-34(32)49-42-37(30)48-19-21-11-6-3-7-12-21/h2-7,9-12,17,22,25-26,28,32,40-41,46H,8,13-16,18-19H2,1H3. The Morgan fingerprint density at radius 3 is 2.37 bits per heavy atom. The number of aliphatic hydroxyl groups is 1. The molecule has 11 heteroatoms. The van der Waals surface area contributed by atoms with Crippen LogP contribution in [0.15, 0.2) is 71.3 Å². The number of nitrogens with one attached hydrogen (secondary N) is 2. The predicted octanol–water partition coefficient (Wildman–Crippen LogP) is 5.36. The Labute approximate surface area is 288 Å². The monoisotopic (exact) mass is 681 g/mol. The molecule has 4 aromatic rings. The molecule has 1 saturated heterocycles. The topological polar surface area (TPSA) is 140 Å². The van der Waals surface area contributed by atoms with E-state index >= 15 is 0 Å². The van der Waals surface area contributed by atoms with E-state index in [2.05, 4.69) is 15.8 Å². The number of nitrogens with zero attached hydrogens (tertiary/aromatic N) is 1. The van der Waals surface area contributed by atoms with Gasteiger partial charge < -0.3 is 29.7 Å². The third-order valence-electron chi connectivity index (χ3n) is 10.7. The fraction of sp³-hybridized carbons (Fsp3) is 0.368. The maximum Gasteiger partial charge on any atom is 0.265 e. The van der Waals surface area contributed by atoms with Crippen LogP contribution in [0.2, 0.25) is 5.02 Å². The molecule has 1 aliphatic heterocycles. The first-order chi connectivity index (χ1) is 23.8. The van der Waals surface area contributed by atoms with Gasteiger partial charge in [0.25, 0.3) is 5.88 Å². The van der Waals surface area contributed by atoms with Gasteiger partial charge in [0.15, 0.2) is 22.9 Å². The van der Waals surface area contributed by atoms with Crippen molar-refractivity contribution in [1.82, 2.24) is 15.8 Å². The van der Waals surface area contributed by atoms with Crippen molar-refractivity contribution in [1.29, 1.82) is 0 Å². The first-order valence-corrected chi connectivity index (χ1v) is 17.1. The highest BCUT2D eigenvalue weighted by Gasteiger charge is 2.67. The van der Waals surface area contributed by atoms with E-state index < -0.39 is 46.7 Å². The third kappa shape index (κ3) is 5.12. The van der Waals surface area contributed by atoms with Gasteiger partial charge in [-0.3, -0.25) is 14.4 Å². The number of Topliss-reactive ketones (excluding diaryl/α,β-unsaturated/α-hetero) is 3. The zero-order valence-electron chi connectivity index (χ0n) is 26.9. The van der Waals surface area contributed by atoms with Crippen LogP contribution in [-0.2, 0) is 24.4 Å². The number of halogens is 1. The van der Waals surface area contributed by atoms with Gasteiger partial charge in [-0.15, -0.1) is 0 Å². The van der Waals surface area contributed by atoms with E-state index in [9.17, 15) is 19.5 Å². The molecule has 1 saturated carbocycles. The first-order valence-electron chi connectivity index (χ1n) is 16.8. The lowest BCUT2D eigenvalue weighted by molar-refractivity contribution is -0.151. The van der Waals surface area contributed by atoms with Gasteiger partial charge in [-0.05, 0) is 78.7 Å². The lowest BCUT2D eigenvalue weighted by atomic mass is 9.54. The predicted molar refractivity (Wildman–Crippen MR) is 179 cm³/mol. The van der Waals surface area contributed by atoms with Crippen LogP contribution < -0.4 is 20.1 Å². The molecular formula is C38H36ClN3O7. The molecule has 0 radical (unpaired) electrons. The van der Waals surface area contributed by atoms with Crippen molar-refractivity contribution in [2.24, 2.45) is 17.8 Å². The molecule has 3 aliphatic carbocycles. The van der Waals surface area contributed by atoms with Gasteiger partial charge in [-0.2, -0.15) is 0 Å². The van der Waals surface area contributed by atoms with E-state index in [1.807, 2.05) is 66.7 Å². The summed E-state index contributed by atoms with van der Waals surface area (Å²) in [6, 6.07) is 20.0. The average Bonchev–Trinajstić information content (AvgIpc) is 3.81. The summed E-state index contributed by atoms with van der Waals surface area (Å²) < 4.78 is 17.9.